The van der Waals surface area contributed by atoms with Crippen LogP contribution in [0.4, 0.5) is 0 Å². The smallest absolute Gasteiger partial charge is 0.336 e. The standard InChI is InChI=1S/C19H18BrNO4/c1-21(11-13-7-14(20)3-6-17(13)24-2)10-12-8-19(23)25-18-9-15(22)4-5-16(12)18/h3-9,22H,10-11H2,1-2H3/p+1. The van der Waals surface area contributed by atoms with Crippen LogP contribution in [0.25, 0.3) is 11.0 Å². The lowest BCUT2D eigenvalue weighted by atomic mass is 10.1. The van der Waals surface area contributed by atoms with Gasteiger partial charge in [-0.25, -0.2) is 4.79 Å². The van der Waals surface area contributed by atoms with Gasteiger partial charge in [0.05, 0.1) is 14.2 Å². The van der Waals surface area contributed by atoms with E-state index in [-0.39, 0.29) is 5.75 Å². The Morgan fingerprint density at radius 1 is 1.12 bits per heavy atom. The number of fused-ring (bicyclic) bond motifs is 1. The topological polar surface area (TPSA) is 64.1 Å². The molecule has 3 aromatic rings. The predicted octanol–water partition coefficient (Wildman–Crippen LogP) is 2.48. The number of quaternary nitrogens is 1. The highest BCUT2D eigenvalue weighted by Gasteiger charge is 2.14. The number of phenols is 1. The third-order valence-corrected chi connectivity index (χ3v) is 4.53. The first-order valence-electron chi connectivity index (χ1n) is 7.85. The lowest BCUT2D eigenvalue weighted by Gasteiger charge is -2.17. The van der Waals surface area contributed by atoms with E-state index in [0.717, 1.165) is 33.3 Å². The molecule has 0 fully saturated rings. The number of phenolic OH excluding ortho intramolecular Hbond substituents is 1. The zero-order valence-electron chi connectivity index (χ0n) is 14.0. The average molecular weight is 405 g/mol. The first-order chi connectivity index (χ1) is 12.0. The molecule has 1 heterocycles. The SMILES string of the molecule is COc1ccc(Br)cc1C[NH+](C)Cc1cc(=O)oc2cc(O)ccc12. The van der Waals surface area contributed by atoms with Gasteiger partial charge in [0.1, 0.15) is 30.2 Å². The van der Waals surface area contributed by atoms with Crippen LogP contribution < -0.4 is 15.3 Å². The van der Waals surface area contributed by atoms with Crippen molar-refractivity contribution in [2.45, 2.75) is 13.1 Å². The van der Waals surface area contributed by atoms with Gasteiger partial charge in [0.15, 0.2) is 0 Å². The number of aromatic hydroxyl groups is 1. The van der Waals surface area contributed by atoms with Gasteiger partial charge in [-0.1, -0.05) is 15.9 Å². The van der Waals surface area contributed by atoms with Crippen molar-refractivity contribution in [3.05, 3.63) is 68.5 Å². The Bertz CT molecular complexity index is 967. The molecule has 0 spiro atoms. The molecule has 2 N–H and O–H groups in total. The van der Waals surface area contributed by atoms with Crippen molar-refractivity contribution in [2.24, 2.45) is 0 Å². The number of ether oxygens (including phenoxy) is 1. The van der Waals surface area contributed by atoms with Crippen molar-refractivity contribution in [2.75, 3.05) is 14.2 Å². The minimum absolute atomic E-state index is 0.0763. The summed E-state index contributed by atoms with van der Waals surface area (Å²) in [5, 5.41) is 10.4. The molecule has 1 atom stereocenters. The average Bonchev–Trinajstić information content (AvgIpc) is 2.54. The Labute approximate surface area is 153 Å². The van der Waals surface area contributed by atoms with E-state index in [1.807, 2.05) is 18.2 Å². The summed E-state index contributed by atoms with van der Waals surface area (Å²) in [7, 11) is 3.71. The largest absolute Gasteiger partial charge is 0.508 e. The molecule has 0 amide bonds. The van der Waals surface area contributed by atoms with E-state index < -0.39 is 5.63 Å². The first kappa shape index (κ1) is 17.5. The third kappa shape index (κ3) is 4.03. The van der Waals surface area contributed by atoms with Gasteiger partial charge in [0.25, 0.3) is 0 Å². The summed E-state index contributed by atoms with van der Waals surface area (Å²) in [6.45, 7) is 1.38. The molecule has 1 unspecified atom stereocenters. The van der Waals surface area contributed by atoms with Crippen LogP contribution in [0.5, 0.6) is 11.5 Å². The molecule has 25 heavy (non-hydrogen) atoms. The van der Waals surface area contributed by atoms with Gasteiger partial charge in [-0.05, 0) is 30.3 Å². The molecule has 6 heteroatoms. The van der Waals surface area contributed by atoms with Gasteiger partial charge < -0.3 is 19.2 Å². The van der Waals surface area contributed by atoms with Gasteiger partial charge in [-0.2, -0.15) is 0 Å². The molecule has 1 aromatic heterocycles. The fourth-order valence-electron chi connectivity index (χ4n) is 2.96. The van der Waals surface area contributed by atoms with Crippen molar-refractivity contribution in [1.29, 1.82) is 0 Å². The Balaban J connectivity index is 1.89. The van der Waals surface area contributed by atoms with Crippen LogP contribution in [0.15, 0.2) is 56.1 Å². The number of methoxy groups -OCH3 is 1. The second-order valence-corrected chi connectivity index (χ2v) is 6.95. The number of hydrogen-bond acceptors (Lipinski definition) is 4. The fourth-order valence-corrected chi connectivity index (χ4v) is 3.37. The molecule has 5 nitrogen and oxygen atoms in total. The van der Waals surface area contributed by atoms with Gasteiger partial charge in [0.2, 0.25) is 0 Å². The highest BCUT2D eigenvalue weighted by Crippen LogP contribution is 2.23. The quantitative estimate of drug-likeness (QED) is 0.641. The van der Waals surface area contributed by atoms with Crippen molar-refractivity contribution >= 4 is 26.9 Å². The number of nitrogens with one attached hydrogen (secondary N) is 1. The van der Waals surface area contributed by atoms with Crippen LogP contribution in [0.1, 0.15) is 11.1 Å². The summed E-state index contributed by atoms with van der Waals surface area (Å²) < 4.78 is 11.6. The Morgan fingerprint density at radius 3 is 2.64 bits per heavy atom. The first-order valence-corrected chi connectivity index (χ1v) is 8.65. The summed E-state index contributed by atoms with van der Waals surface area (Å²) in [6.07, 6.45) is 0. The third-order valence-electron chi connectivity index (χ3n) is 4.04. The van der Waals surface area contributed by atoms with Crippen molar-refractivity contribution in [1.82, 2.24) is 0 Å². The second-order valence-electron chi connectivity index (χ2n) is 6.04. The van der Waals surface area contributed by atoms with E-state index >= 15 is 0 Å². The Hall–Kier alpha value is -2.31. The van der Waals surface area contributed by atoms with Crippen LogP contribution >= 0.6 is 15.9 Å². The maximum absolute atomic E-state index is 11.8. The number of rotatable bonds is 5. The molecule has 130 valence electrons. The van der Waals surface area contributed by atoms with E-state index in [4.69, 9.17) is 9.15 Å². The molecule has 0 saturated heterocycles. The summed E-state index contributed by atoms with van der Waals surface area (Å²) in [5.74, 6) is 0.914. The molecule has 2 aromatic carbocycles. The van der Waals surface area contributed by atoms with Crippen LogP contribution in [0.3, 0.4) is 0 Å². The fraction of sp³-hybridized carbons (Fsp3) is 0.211. The zero-order chi connectivity index (χ0) is 18.0. The molecule has 0 bridgehead atoms. The number of hydrogen-bond donors (Lipinski definition) is 2. The number of benzene rings is 2. The van der Waals surface area contributed by atoms with Crippen LogP contribution in [0.2, 0.25) is 0 Å². The summed E-state index contributed by atoms with van der Waals surface area (Å²) >= 11 is 3.49. The highest BCUT2D eigenvalue weighted by molar-refractivity contribution is 9.10. The summed E-state index contributed by atoms with van der Waals surface area (Å²) in [6, 6.07) is 12.3. The van der Waals surface area contributed by atoms with E-state index in [9.17, 15) is 9.90 Å². The van der Waals surface area contributed by atoms with Gasteiger partial charge in [-0.3, -0.25) is 0 Å². The van der Waals surface area contributed by atoms with Crippen molar-refractivity contribution in [3.63, 3.8) is 0 Å². The molecule has 3 rings (SSSR count). The molecule has 0 aliphatic carbocycles. The molecule has 0 radical (unpaired) electrons. The molecular weight excluding hydrogens is 386 g/mol. The van der Waals surface area contributed by atoms with Crippen LogP contribution in [-0.4, -0.2) is 19.3 Å². The Kier molecular flexibility index (Phi) is 5.11. The van der Waals surface area contributed by atoms with Gasteiger partial charge in [-0.15, -0.1) is 0 Å². The van der Waals surface area contributed by atoms with Gasteiger partial charge >= 0.3 is 5.63 Å². The highest BCUT2D eigenvalue weighted by atomic mass is 79.9. The summed E-state index contributed by atoms with van der Waals surface area (Å²) in [4.78, 5) is 13.0. The minimum Gasteiger partial charge on any atom is -0.508 e. The molecule has 0 aliphatic rings. The van der Waals surface area contributed by atoms with E-state index in [1.165, 1.54) is 17.0 Å². The zero-order valence-corrected chi connectivity index (χ0v) is 15.6. The maximum Gasteiger partial charge on any atom is 0.336 e. The molecular formula is C19H19BrNO4+. The Morgan fingerprint density at radius 2 is 1.88 bits per heavy atom. The van der Waals surface area contributed by atoms with E-state index in [1.54, 1.807) is 19.2 Å². The number of halogens is 1. The van der Waals surface area contributed by atoms with E-state index in [2.05, 4.69) is 23.0 Å². The van der Waals surface area contributed by atoms with E-state index in [0.29, 0.717) is 12.1 Å². The minimum atomic E-state index is -0.416. The molecule has 0 aliphatic heterocycles. The molecule has 0 saturated carbocycles. The van der Waals surface area contributed by atoms with Crippen molar-refractivity contribution < 1.29 is 19.2 Å². The van der Waals surface area contributed by atoms with Gasteiger partial charge in [0, 0.05) is 33.1 Å². The summed E-state index contributed by atoms with van der Waals surface area (Å²) in [5.41, 5.74) is 1.95. The second kappa shape index (κ2) is 7.29. The maximum atomic E-state index is 11.8. The van der Waals surface area contributed by atoms with Crippen LogP contribution in [0, 0.1) is 0 Å². The predicted molar refractivity (Wildman–Crippen MR) is 99.1 cm³/mol. The van der Waals surface area contributed by atoms with Crippen LogP contribution in [-0.2, 0) is 13.1 Å². The lowest BCUT2D eigenvalue weighted by molar-refractivity contribution is -0.907. The lowest BCUT2D eigenvalue weighted by Crippen LogP contribution is -3.06. The monoisotopic (exact) mass is 404 g/mol. The van der Waals surface area contributed by atoms with Crippen molar-refractivity contribution in [3.8, 4) is 11.5 Å². The normalized spacial score (nSPS) is 12.3.